The van der Waals surface area contributed by atoms with Crippen LogP contribution in [0.5, 0.6) is 0 Å². The van der Waals surface area contributed by atoms with Gasteiger partial charge in [-0.1, -0.05) is 103 Å². The lowest BCUT2D eigenvalue weighted by Gasteiger charge is -2.29. The molecule has 2 aliphatic rings. The number of amides is 4. The summed E-state index contributed by atoms with van der Waals surface area (Å²) in [6, 6.07) is 34.4. The number of carbonyl (C=O) groups excluding carboxylic acids is 4. The molecular weight excluding hydrogens is 554 g/mol. The number of carbonyl (C=O) groups is 4. The van der Waals surface area contributed by atoms with Crippen molar-refractivity contribution < 1.29 is 23.9 Å². The van der Waals surface area contributed by atoms with E-state index in [0.29, 0.717) is 16.5 Å². The number of alkyl carbamates (subject to hydrolysis) is 1. The Bertz CT molecular complexity index is 1860. The molecule has 0 bridgehead atoms. The largest absolute Gasteiger partial charge is 0.449 e. The van der Waals surface area contributed by atoms with Gasteiger partial charge in [0.25, 0.3) is 17.7 Å². The third-order valence-electron chi connectivity index (χ3n) is 8.23. The summed E-state index contributed by atoms with van der Waals surface area (Å²) in [5.41, 5.74) is 8.21. The summed E-state index contributed by atoms with van der Waals surface area (Å²) in [6.07, 6.45) is -0.673. The van der Waals surface area contributed by atoms with Gasteiger partial charge < -0.3 is 10.1 Å². The number of nitrogens with zero attached hydrogens (tertiary/aromatic N) is 1. The molecule has 0 radical (unpaired) electrons. The number of hydrazine groups is 1. The van der Waals surface area contributed by atoms with Crippen LogP contribution in [0.15, 0.2) is 115 Å². The van der Waals surface area contributed by atoms with E-state index in [9.17, 15) is 19.2 Å². The van der Waals surface area contributed by atoms with Crippen molar-refractivity contribution in [1.29, 1.82) is 0 Å². The molecule has 5 aromatic rings. The summed E-state index contributed by atoms with van der Waals surface area (Å²) in [5, 5.41) is 4.70. The smallest absolute Gasteiger partial charge is 0.407 e. The minimum absolute atomic E-state index is 0.0728. The molecule has 0 saturated carbocycles. The Hall–Kier alpha value is -5.76. The van der Waals surface area contributed by atoms with Crippen LogP contribution in [-0.4, -0.2) is 41.5 Å². The van der Waals surface area contributed by atoms with Gasteiger partial charge in [0.1, 0.15) is 12.6 Å². The molecule has 0 unspecified atom stereocenters. The van der Waals surface area contributed by atoms with Crippen molar-refractivity contribution in [2.75, 3.05) is 6.61 Å². The number of hydrogen-bond donors (Lipinski definition) is 2. The Labute approximate surface area is 253 Å². The number of benzene rings is 5. The highest BCUT2D eigenvalue weighted by Crippen LogP contribution is 2.44. The minimum Gasteiger partial charge on any atom is -0.449 e. The number of fused-ring (bicyclic) bond motifs is 3. The fourth-order valence-corrected chi connectivity index (χ4v) is 6.16. The molecule has 8 heteroatoms. The van der Waals surface area contributed by atoms with Gasteiger partial charge in [-0.3, -0.25) is 19.8 Å². The van der Waals surface area contributed by atoms with Gasteiger partial charge in [0.2, 0.25) is 0 Å². The van der Waals surface area contributed by atoms with Crippen LogP contribution in [0, 0.1) is 0 Å². The number of imide groups is 1. The highest BCUT2D eigenvalue weighted by atomic mass is 16.5. The molecule has 1 heterocycles. The molecule has 5 aromatic carbocycles. The zero-order valence-corrected chi connectivity index (χ0v) is 23.5. The number of hydrogen-bond acceptors (Lipinski definition) is 5. The maximum atomic E-state index is 13.7. The van der Waals surface area contributed by atoms with Crippen LogP contribution < -0.4 is 10.7 Å². The van der Waals surface area contributed by atoms with Crippen molar-refractivity contribution in [3.8, 4) is 11.1 Å². The van der Waals surface area contributed by atoms with E-state index in [1.165, 1.54) is 0 Å². The maximum Gasteiger partial charge on any atom is 0.407 e. The topological polar surface area (TPSA) is 105 Å². The molecule has 1 aliphatic carbocycles. The summed E-state index contributed by atoms with van der Waals surface area (Å²) in [4.78, 5) is 53.6. The van der Waals surface area contributed by atoms with E-state index in [2.05, 4.69) is 22.9 Å². The van der Waals surface area contributed by atoms with Crippen molar-refractivity contribution in [3.63, 3.8) is 0 Å². The van der Waals surface area contributed by atoms with Crippen molar-refractivity contribution in [2.24, 2.45) is 0 Å². The van der Waals surface area contributed by atoms with E-state index in [1.54, 1.807) is 24.3 Å². The van der Waals surface area contributed by atoms with Crippen LogP contribution in [0.4, 0.5) is 4.79 Å². The predicted octanol–water partition coefficient (Wildman–Crippen LogP) is 5.62. The zero-order chi connectivity index (χ0) is 30.2. The van der Waals surface area contributed by atoms with Crippen LogP contribution in [0.25, 0.3) is 21.9 Å². The van der Waals surface area contributed by atoms with Crippen molar-refractivity contribution in [2.45, 2.75) is 18.4 Å². The van der Waals surface area contributed by atoms with E-state index in [0.717, 1.165) is 38.2 Å². The summed E-state index contributed by atoms with van der Waals surface area (Å²) in [6.45, 7) is 0.0728. The third kappa shape index (κ3) is 4.76. The zero-order valence-electron chi connectivity index (χ0n) is 23.5. The Kier molecular flexibility index (Phi) is 6.86. The second-order valence-corrected chi connectivity index (χ2v) is 10.8. The lowest BCUT2D eigenvalue weighted by molar-refractivity contribution is -0.126. The molecule has 0 saturated heterocycles. The number of rotatable bonds is 7. The SMILES string of the molecule is O=C(N[C@@H](Cc1ccccc1)C(=O)NN1C(=O)c2cccc3cccc(c23)C1=O)OCC1c2ccccc2-c2ccccc21. The average molecular weight is 582 g/mol. The van der Waals surface area contributed by atoms with Gasteiger partial charge in [0, 0.05) is 17.7 Å². The van der Waals surface area contributed by atoms with Crippen LogP contribution in [-0.2, 0) is 16.0 Å². The lowest BCUT2D eigenvalue weighted by Crippen LogP contribution is -2.57. The first kappa shape index (κ1) is 27.1. The first-order valence-corrected chi connectivity index (χ1v) is 14.4. The van der Waals surface area contributed by atoms with Gasteiger partial charge >= 0.3 is 6.09 Å². The van der Waals surface area contributed by atoms with E-state index >= 15 is 0 Å². The molecule has 2 N–H and O–H groups in total. The van der Waals surface area contributed by atoms with Crippen LogP contribution >= 0.6 is 0 Å². The fourth-order valence-electron chi connectivity index (χ4n) is 6.16. The van der Waals surface area contributed by atoms with E-state index < -0.39 is 29.9 Å². The van der Waals surface area contributed by atoms with E-state index in [4.69, 9.17) is 4.74 Å². The molecule has 1 atom stereocenters. The second kappa shape index (κ2) is 11.1. The number of ether oxygens (including phenoxy) is 1. The maximum absolute atomic E-state index is 13.7. The summed E-state index contributed by atoms with van der Waals surface area (Å²) >= 11 is 0. The van der Waals surface area contributed by atoms with E-state index in [-0.39, 0.29) is 18.9 Å². The van der Waals surface area contributed by atoms with Gasteiger partial charge in [-0.15, -0.1) is 0 Å². The van der Waals surface area contributed by atoms with Gasteiger partial charge in [0.15, 0.2) is 0 Å². The quantitative estimate of drug-likeness (QED) is 0.243. The molecule has 0 aromatic heterocycles. The standard InChI is InChI=1S/C36H27N3O5/c40-33(38-39-34(41)28-18-8-12-23-13-9-19-29(32(23)28)35(39)42)31(20-22-10-2-1-3-11-22)37-36(43)44-21-30-26-16-6-4-14-24(26)25-15-5-7-17-27(25)30/h1-19,30-31H,20-21H2,(H,37,43)(H,38,40)/t31-/m0/s1. The van der Waals surface area contributed by atoms with Gasteiger partial charge in [-0.25, -0.2) is 4.79 Å². The monoisotopic (exact) mass is 581 g/mol. The van der Waals surface area contributed by atoms with Gasteiger partial charge in [0.05, 0.1) is 11.1 Å². The first-order valence-electron chi connectivity index (χ1n) is 14.4. The summed E-state index contributed by atoms with van der Waals surface area (Å²) in [5.74, 6) is -2.17. The van der Waals surface area contributed by atoms with Crippen LogP contribution in [0.1, 0.15) is 43.3 Å². The third-order valence-corrected chi connectivity index (χ3v) is 8.23. The van der Waals surface area contributed by atoms with Crippen LogP contribution in [0.2, 0.25) is 0 Å². The lowest BCUT2D eigenvalue weighted by atomic mass is 9.95. The van der Waals surface area contributed by atoms with Crippen LogP contribution in [0.3, 0.4) is 0 Å². The molecule has 7 rings (SSSR count). The summed E-state index contributed by atoms with van der Waals surface area (Å²) < 4.78 is 5.70. The van der Waals surface area contributed by atoms with Crippen molar-refractivity contribution in [1.82, 2.24) is 15.8 Å². The normalized spacial score (nSPS) is 14.1. The highest BCUT2D eigenvalue weighted by Gasteiger charge is 2.36. The first-order chi connectivity index (χ1) is 21.5. The Morgan fingerprint density at radius 3 is 1.84 bits per heavy atom. The molecule has 216 valence electrons. The molecular formula is C36H27N3O5. The summed E-state index contributed by atoms with van der Waals surface area (Å²) in [7, 11) is 0. The Morgan fingerprint density at radius 2 is 1.23 bits per heavy atom. The van der Waals surface area contributed by atoms with E-state index in [1.807, 2.05) is 78.9 Å². The van der Waals surface area contributed by atoms with Gasteiger partial charge in [-0.05, 0) is 45.3 Å². The fraction of sp³-hybridized carbons (Fsp3) is 0.111. The second-order valence-electron chi connectivity index (χ2n) is 10.8. The molecule has 0 spiro atoms. The number of nitrogens with one attached hydrogen (secondary N) is 2. The average Bonchev–Trinajstić information content (AvgIpc) is 3.38. The minimum atomic E-state index is -1.14. The van der Waals surface area contributed by atoms with Gasteiger partial charge in [-0.2, -0.15) is 5.01 Å². The molecule has 0 fully saturated rings. The van der Waals surface area contributed by atoms with Crippen molar-refractivity contribution in [3.05, 3.63) is 143 Å². The molecule has 44 heavy (non-hydrogen) atoms. The Morgan fingerprint density at radius 1 is 0.682 bits per heavy atom. The predicted molar refractivity (Wildman–Crippen MR) is 165 cm³/mol. The molecule has 8 nitrogen and oxygen atoms in total. The Balaban J connectivity index is 1.10. The molecule has 1 aliphatic heterocycles. The molecule has 4 amide bonds. The highest BCUT2D eigenvalue weighted by molar-refractivity contribution is 6.25. The van der Waals surface area contributed by atoms with Crippen molar-refractivity contribution >= 4 is 34.6 Å².